The number of ether oxygens (including phenoxy) is 3. The molecule has 0 N–H and O–H groups in total. The molecule has 0 unspecified atom stereocenters. The first-order valence-electron chi connectivity index (χ1n) is 8.64. The highest BCUT2D eigenvalue weighted by Crippen LogP contribution is 2.36. The van der Waals surface area contributed by atoms with Gasteiger partial charge in [-0.1, -0.05) is 15.9 Å². The van der Waals surface area contributed by atoms with Crippen LogP contribution in [0.3, 0.4) is 0 Å². The zero-order valence-corrected chi connectivity index (χ0v) is 16.2. The van der Waals surface area contributed by atoms with Gasteiger partial charge < -0.3 is 19.1 Å². The Bertz CT molecular complexity index is 781. The summed E-state index contributed by atoms with van der Waals surface area (Å²) in [6, 6.07) is 4.09. The van der Waals surface area contributed by atoms with Crippen molar-refractivity contribution in [2.24, 2.45) is 0 Å². The van der Waals surface area contributed by atoms with Gasteiger partial charge in [0.1, 0.15) is 13.2 Å². The summed E-state index contributed by atoms with van der Waals surface area (Å²) in [5.74, 6) is 3.06. The fourth-order valence-corrected chi connectivity index (χ4v) is 3.64. The lowest BCUT2D eigenvalue weighted by atomic mass is 10.1. The Labute approximate surface area is 161 Å². The molecule has 1 aromatic heterocycles. The molecule has 0 saturated carbocycles. The fraction of sp³-hybridized carbons (Fsp3) is 0.444. The standard InChI is InChI=1S/C18H21BrN4O3/c1-24-18-11-20-10-17(21-18)23-4-2-22(3-5-23)12-13-8-15-16(9-14(13)19)26-7-6-25-15/h8-11H,2-7,12H2,1H3. The molecule has 8 heteroatoms. The molecule has 0 amide bonds. The van der Waals surface area contributed by atoms with Gasteiger partial charge in [0.2, 0.25) is 5.88 Å². The minimum absolute atomic E-state index is 0.546. The number of piperazine rings is 1. The maximum absolute atomic E-state index is 5.71. The molecule has 0 atom stereocenters. The van der Waals surface area contributed by atoms with E-state index >= 15 is 0 Å². The van der Waals surface area contributed by atoms with E-state index in [-0.39, 0.29) is 0 Å². The molecule has 1 saturated heterocycles. The predicted molar refractivity (Wildman–Crippen MR) is 101 cm³/mol. The van der Waals surface area contributed by atoms with E-state index in [0.29, 0.717) is 19.1 Å². The number of fused-ring (bicyclic) bond motifs is 1. The summed E-state index contributed by atoms with van der Waals surface area (Å²) in [6.07, 6.45) is 3.41. The first kappa shape index (κ1) is 17.4. The van der Waals surface area contributed by atoms with Gasteiger partial charge in [-0.25, -0.2) is 0 Å². The van der Waals surface area contributed by atoms with E-state index in [1.807, 2.05) is 6.07 Å². The average molecular weight is 421 g/mol. The third-order valence-corrected chi connectivity index (χ3v) is 5.35. The van der Waals surface area contributed by atoms with Gasteiger partial charge in [-0.05, 0) is 17.7 Å². The van der Waals surface area contributed by atoms with Crippen molar-refractivity contribution < 1.29 is 14.2 Å². The smallest absolute Gasteiger partial charge is 0.233 e. The van der Waals surface area contributed by atoms with Crippen LogP contribution in [-0.2, 0) is 6.54 Å². The second kappa shape index (κ2) is 7.67. The van der Waals surface area contributed by atoms with Crippen LogP contribution in [0.15, 0.2) is 29.0 Å². The molecule has 0 radical (unpaired) electrons. The molecule has 2 aliphatic rings. The number of anilines is 1. The lowest BCUT2D eigenvalue weighted by molar-refractivity contribution is 0.170. The second-order valence-electron chi connectivity index (χ2n) is 6.27. The lowest BCUT2D eigenvalue weighted by Crippen LogP contribution is -2.46. The van der Waals surface area contributed by atoms with E-state index in [9.17, 15) is 0 Å². The summed E-state index contributed by atoms with van der Waals surface area (Å²) < 4.78 is 17.6. The van der Waals surface area contributed by atoms with Gasteiger partial charge in [0.15, 0.2) is 17.3 Å². The van der Waals surface area contributed by atoms with Crippen LogP contribution in [0.1, 0.15) is 5.56 Å². The molecule has 138 valence electrons. The molecule has 0 spiro atoms. The molecule has 1 aromatic carbocycles. The molecular weight excluding hydrogens is 400 g/mol. The van der Waals surface area contributed by atoms with Gasteiger partial charge in [0, 0.05) is 37.2 Å². The second-order valence-corrected chi connectivity index (χ2v) is 7.12. The summed E-state index contributed by atoms with van der Waals surface area (Å²) in [4.78, 5) is 13.3. The van der Waals surface area contributed by atoms with E-state index in [0.717, 1.165) is 54.5 Å². The van der Waals surface area contributed by atoms with Crippen molar-refractivity contribution in [3.8, 4) is 17.4 Å². The Morgan fingerprint density at radius 1 is 1.08 bits per heavy atom. The minimum Gasteiger partial charge on any atom is -0.486 e. The van der Waals surface area contributed by atoms with Crippen molar-refractivity contribution in [2.45, 2.75) is 6.54 Å². The summed E-state index contributed by atoms with van der Waals surface area (Å²) in [5.41, 5.74) is 1.21. The number of benzene rings is 1. The molecule has 26 heavy (non-hydrogen) atoms. The van der Waals surface area contributed by atoms with Crippen molar-refractivity contribution in [3.05, 3.63) is 34.6 Å². The van der Waals surface area contributed by atoms with Gasteiger partial charge >= 0.3 is 0 Å². The Balaban J connectivity index is 1.39. The van der Waals surface area contributed by atoms with Crippen molar-refractivity contribution in [1.29, 1.82) is 0 Å². The van der Waals surface area contributed by atoms with Gasteiger partial charge in [-0.2, -0.15) is 4.98 Å². The molecule has 1 fully saturated rings. The van der Waals surface area contributed by atoms with Crippen LogP contribution in [0.5, 0.6) is 17.4 Å². The number of halogens is 1. The predicted octanol–water partition coefficient (Wildman–Crippen LogP) is 2.34. The van der Waals surface area contributed by atoms with Crippen LogP contribution in [-0.4, -0.2) is 61.4 Å². The van der Waals surface area contributed by atoms with Crippen molar-refractivity contribution in [1.82, 2.24) is 14.9 Å². The molecular formula is C18H21BrN4O3. The van der Waals surface area contributed by atoms with Crippen LogP contribution < -0.4 is 19.1 Å². The van der Waals surface area contributed by atoms with Crippen molar-refractivity contribution >= 4 is 21.7 Å². The van der Waals surface area contributed by atoms with E-state index in [1.54, 1.807) is 19.5 Å². The van der Waals surface area contributed by atoms with Gasteiger partial charge in [0.05, 0.1) is 19.5 Å². The lowest BCUT2D eigenvalue weighted by Gasteiger charge is -2.35. The number of rotatable bonds is 4. The van der Waals surface area contributed by atoms with Crippen LogP contribution in [0.2, 0.25) is 0 Å². The van der Waals surface area contributed by atoms with E-state index in [2.05, 4.69) is 41.8 Å². The van der Waals surface area contributed by atoms with E-state index < -0.39 is 0 Å². The zero-order chi connectivity index (χ0) is 17.9. The molecule has 0 bridgehead atoms. The Morgan fingerprint density at radius 2 is 1.81 bits per heavy atom. The molecule has 0 aliphatic carbocycles. The number of hydrogen-bond acceptors (Lipinski definition) is 7. The number of aromatic nitrogens is 2. The number of methoxy groups -OCH3 is 1. The summed E-state index contributed by atoms with van der Waals surface area (Å²) in [7, 11) is 1.61. The Kier molecular flexibility index (Phi) is 5.12. The number of nitrogens with zero attached hydrogens (tertiary/aromatic N) is 4. The maximum atomic E-state index is 5.71. The minimum atomic E-state index is 0.546. The van der Waals surface area contributed by atoms with Crippen LogP contribution in [0.25, 0.3) is 0 Å². The quantitative estimate of drug-likeness (QED) is 0.751. The monoisotopic (exact) mass is 420 g/mol. The summed E-state index contributed by atoms with van der Waals surface area (Å²) in [5, 5.41) is 0. The first-order chi connectivity index (χ1) is 12.7. The van der Waals surface area contributed by atoms with E-state index in [1.165, 1.54) is 5.56 Å². The Morgan fingerprint density at radius 3 is 2.54 bits per heavy atom. The molecule has 2 aliphatic heterocycles. The summed E-state index contributed by atoms with van der Waals surface area (Å²) >= 11 is 3.66. The third-order valence-electron chi connectivity index (χ3n) is 4.61. The maximum Gasteiger partial charge on any atom is 0.233 e. The van der Waals surface area contributed by atoms with Crippen LogP contribution >= 0.6 is 15.9 Å². The highest BCUT2D eigenvalue weighted by Gasteiger charge is 2.21. The Hall–Kier alpha value is -2.06. The molecule has 2 aromatic rings. The van der Waals surface area contributed by atoms with Gasteiger partial charge in [-0.3, -0.25) is 9.88 Å². The third kappa shape index (κ3) is 3.71. The van der Waals surface area contributed by atoms with Crippen LogP contribution in [0, 0.1) is 0 Å². The molecule has 7 nitrogen and oxygen atoms in total. The number of hydrogen-bond donors (Lipinski definition) is 0. The topological polar surface area (TPSA) is 60.0 Å². The highest BCUT2D eigenvalue weighted by molar-refractivity contribution is 9.10. The largest absolute Gasteiger partial charge is 0.486 e. The normalized spacial score (nSPS) is 17.2. The molecule has 3 heterocycles. The van der Waals surface area contributed by atoms with Gasteiger partial charge in [0.25, 0.3) is 0 Å². The van der Waals surface area contributed by atoms with E-state index in [4.69, 9.17) is 14.2 Å². The van der Waals surface area contributed by atoms with Crippen LogP contribution in [0.4, 0.5) is 5.82 Å². The van der Waals surface area contributed by atoms with Crippen molar-refractivity contribution in [2.75, 3.05) is 51.4 Å². The fourth-order valence-electron chi connectivity index (χ4n) is 3.19. The summed E-state index contributed by atoms with van der Waals surface area (Å²) in [6.45, 7) is 5.81. The van der Waals surface area contributed by atoms with Gasteiger partial charge in [-0.15, -0.1) is 0 Å². The van der Waals surface area contributed by atoms with Crippen molar-refractivity contribution in [3.63, 3.8) is 0 Å². The first-order valence-corrected chi connectivity index (χ1v) is 9.43. The average Bonchev–Trinajstić information content (AvgIpc) is 2.69. The molecule has 4 rings (SSSR count). The highest BCUT2D eigenvalue weighted by atomic mass is 79.9. The SMILES string of the molecule is COc1cncc(N2CCN(Cc3cc4c(cc3Br)OCCO4)CC2)n1. The zero-order valence-electron chi connectivity index (χ0n) is 14.7.